The number of aliphatic hydroxyl groups excluding tert-OH is 1. The van der Waals surface area contributed by atoms with E-state index in [2.05, 4.69) is 0 Å². The van der Waals surface area contributed by atoms with Crippen molar-refractivity contribution in [1.82, 2.24) is 9.80 Å². The molecule has 156 valence electrons. The topological polar surface area (TPSA) is 104 Å². The first-order chi connectivity index (χ1) is 14.3. The van der Waals surface area contributed by atoms with Crippen LogP contribution in [0.2, 0.25) is 0 Å². The molecule has 1 unspecified atom stereocenters. The van der Waals surface area contributed by atoms with Gasteiger partial charge in [-0.1, -0.05) is 42.5 Å². The molecule has 8 heteroatoms. The van der Waals surface area contributed by atoms with E-state index in [4.69, 9.17) is 0 Å². The molecular weight excluding hydrogens is 386 g/mol. The Balaban J connectivity index is 2.12. The predicted octanol–water partition coefficient (Wildman–Crippen LogP) is 2.97. The Morgan fingerprint density at radius 2 is 1.83 bits per heavy atom. The van der Waals surface area contributed by atoms with E-state index in [0.29, 0.717) is 24.1 Å². The number of Topliss-reactive ketones (excluding diaryl/α,β-unsaturated/α-hetero) is 1. The molecule has 1 heterocycles. The van der Waals surface area contributed by atoms with E-state index in [1.165, 1.54) is 23.1 Å². The van der Waals surface area contributed by atoms with Crippen molar-refractivity contribution in [2.45, 2.75) is 12.5 Å². The maximum atomic E-state index is 12.9. The fraction of sp³-hybridized carbons (Fsp3) is 0.273. The number of hydrogen-bond donors (Lipinski definition) is 1. The molecule has 0 aromatic heterocycles. The zero-order chi connectivity index (χ0) is 21.8. The number of likely N-dealkylation sites (tertiary alicyclic amines) is 1. The summed E-state index contributed by atoms with van der Waals surface area (Å²) in [5.74, 6) is -1.80. The first-order valence-corrected chi connectivity index (χ1v) is 9.54. The molecule has 8 nitrogen and oxygen atoms in total. The Kier molecular flexibility index (Phi) is 6.27. The van der Waals surface area contributed by atoms with Crippen molar-refractivity contribution in [2.24, 2.45) is 0 Å². The zero-order valence-electron chi connectivity index (χ0n) is 16.8. The summed E-state index contributed by atoms with van der Waals surface area (Å²) in [6, 6.07) is 13.4. The summed E-state index contributed by atoms with van der Waals surface area (Å²) in [6.45, 7) is 0.977. The number of benzene rings is 2. The summed E-state index contributed by atoms with van der Waals surface area (Å²) in [5, 5.41) is 22.1. The number of hydrogen-bond acceptors (Lipinski definition) is 6. The fourth-order valence-electron chi connectivity index (χ4n) is 3.57. The molecule has 0 spiro atoms. The highest BCUT2D eigenvalue weighted by atomic mass is 16.6. The van der Waals surface area contributed by atoms with Crippen LogP contribution in [-0.2, 0) is 9.59 Å². The molecule has 2 aromatic carbocycles. The van der Waals surface area contributed by atoms with Crippen molar-refractivity contribution in [1.29, 1.82) is 0 Å². The third kappa shape index (κ3) is 4.23. The number of nitro benzene ring substituents is 1. The molecule has 1 saturated heterocycles. The predicted molar refractivity (Wildman–Crippen MR) is 112 cm³/mol. The van der Waals surface area contributed by atoms with Gasteiger partial charge < -0.3 is 14.9 Å². The van der Waals surface area contributed by atoms with Gasteiger partial charge in [-0.05, 0) is 32.6 Å². The highest BCUT2D eigenvalue weighted by Crippen LogP contribution is 2.40. The first kappa shape index (κ1) is 21.2. The largest absolute Gasteiger partial charge is 0.507 e. The number of aliphatic hydroxyl groups is 1. The van der Waals surface area contributed by atoms with E-state index in [-0.39, 0.29) is 23.6 Å². The monoisotopic (exact) mass is 409 g/mol. The third-order valence-corrected chi connectivity index (χ3v) is 4.99. The van der Waals surface area contributed by atoms with Gasteiger partial charge in [0.1, 0.15) is 5.76 Å². The van der Waals surface area contributed by atoms with Crippen molar-refractivity contribution in [3.63, 3.8) is 0 Å². The standard InChI is InChI=1S/C22H23N3O5/c1-23(2)12-7-13-24-19(16-10-6-11-17(14-16)25(29)30)18(21(27)22(24)28)20(26)15-8-4-3-5-9-15/h3-6,8-11,14,19,26H,7,12-13H2,1-2H3/b20-18-. The van der Waals surface area contributed by atoms with E-state index in [9.17, 15) is 24.8 Å². The van der Waals surface area contributed by atoms with Gasteiger partial charge in [-0.3, -0.25) is 19.7 Å². The average Bonchev–Trinajstić information content (AvgIpc) is 2.98. The van der Waals surface area contributed by atoms with Crippen molar-refractivity contribution in [3.8, 4) is 0 Å². The summed E-state index contributed by atoms with van der Waals surface area (Å²) in [6.07, 6.45) is 0.608. The zero-order valence-corrected chi connectivity index (χ0v) is 16.8. The molecule has 1 amide bonds. The second-order valence-electron chi connectivity index (χ2n) is 7.37. The summed E-state index contributed by atoms with van der Waals surface area (Å²) in [4.78, 5) is 39.8. The summed E-state index contributed by atoms with van der Waals surface area (Å²) >= 11 is 0. The Labute approximate surface area is 174 Å². The molecule has 1 aliphatic rings. The number of nitro groups is 1. The molecule has 1 aliphatic heterocycles. The molecule has 0 bridgehead atoms. The van der Waals surface area contributed by atoms with Gasteiger partial charge in [0.2, 0.25) is 0 Å². The summed E-state index contributed by atoms with van der Waals surface area (Å²) < 4.78 is 0. The quantitative estimate of drug-likeness (QED) is 0.248. The van der Waals surface area contributed by atoms with Gasteiger partial charge in [-0.2, -0.15) is 0 Å². The Morgan fingerprint density at radius 3 is 2.47 bits per heavy atom. The van der Waals surface area contributed by atoms with Gasteiger partial charge in [-0.15, -0.1) is 0 Å². The molecule has 30 heavy (non-hydrogen) atoms. The smallest absolute Gasteiger partial charge is 0.295 e. The molecule has 0 radical (unpaired) electrons. The van der Waals surface area contributed by atoms with Crippen LogP contribution >= 0.6 is 0 Å². The Morgan fingerprint density at radius 1 is 1.13 bits per heavy atom. The Bertz CT molecular complexity index is 1000. The number of ketones is 1. The van der Waals surface area contributed by atoms with Crippen LogP contribution in [0.5, 0.6) is 0 Å². The summed E-state index contributed by atoms with van der Waals surface area (Å²) in [5.41, 5.74) is 0.604. The minimum Gasteiger partial charge on any atom is -0.507 e. The van der Waals surface area contributed by atoms with E-state index in [1.807, 2.05) is 19.0 Å². The number of amides is 1. The summed E-state index contributed by atoms with van der Waals surface area (Å²) in [7, 11) is 3.81. The van der Waals surface area contributed by atoms with Crippen LogP contribution in [0.25, 0.3) is 5.76 Å². The van der Waals surface area contributed by atoms with Crippen molar-refractivity contribution in [3.05, 3.63) is 81.4 Å². The molecule has 1 fully saturated rings. The van der Waals surface area contributed by atoms with Gasteiger partial charge in [0.05, 0.1) is 16.5 Å². The van der Waals surface area contributed by atoms with E-state index >= 15 is 0 Å². The number of nitrogens with zero attached hydrogens (tertiary/aromatic N) is 3. The van der Waals surface area contributed by atoms with Crippen LogP contribution in [0, 0.1) is 10.1 Å². The van der Waals surface area contributed by atoms with Crippen LogP contribution in [0.4, 0.5) is 5.69 Å². The van der Waals surface area contributed by atoms with E-state index in [1.54, 1.807) is 36.4 Å². The van der Waals surface area contributed by atoms with Gasteiger partial charge in [0, 0.05) is 24.2 Å². The lowest BCUT2D eigenvalue weighted by Crippen LogP contribution is -2.32. The van der Waals surface area contributed by atoms with Crippen molar-refractivity contribution in [2.75, 3.05) is 27.2 Å². The number of carbonyl (C=O) groups is 2. The molecular formula is C22H23N3O5. The normalized spacial score (nSPS) is 18.2. The van der Waals surface area contributed by atoms with Crippen LogP contribution in [-0.4, -0.2) is 58.7 Å². The lowest BCUT2D eigenvalue weighted by molar-refractivity contribution is -0.384. The van der Waals surface area contributed by atoms with Crippen molar-refractivity contribution < 1.29 is 19.6 Å². The molecule has 0 saturated carbocycles. The molecule has 1 atom stereocenters. The van der Waals surface area contributed by atoms with Crippen LogP contribution < -0.4 is 0 Å². The maximum absolute atomic E-state index is 12.9. The lowest BCUT2D eigenvalue weighted by Gasteiger charge is -2.25. The van der Waals surface area contributed by atoms with E-state index < -0.39 is 22.7 Å². The van der Waals surface area contributed by atoms with Gasteiger partial charge in [0.25, 0.3) is 17.4 Å². The SMILES string of the molecule is CN(C)CCCN1C(=O)C(=O)/C(=C(\O)c2ccccc2)C1c1cccc([N+](=O)[O-])c1. The van der Waals surface area contributed by atoms with Crippen molar-refractivity contribution >= 4 is 23.1 Å². The second-order valence-corrected chi connectivity index (χ2v) is 7.37. The fourth-order valence-corrected chi connectivity index (χ4v) is 3.57. The van der Waals surface area contributed by atoms with Crippen LogP contribution in [0.3, 0.4) is 0 Å². The van der Waals surface area contributed by atoms with Gasteiger partial charge >= 0.3 is 0 Å². The molecule has 3 rings (SSSR count). The number of carbonyl (C=O) groups excluding carboxylic acids is 2. The minimum absolute atomic E-state index is 0.0587. The van der Waals surface area contributed by atoms with Gasteiger partial charge in [-0.25, -0.2) is 0 Å². The number of non-ortho nitro benzene ring substituents is 1. The molecule has 1 N–H and O–H groups in total. The van der Waals surface area contributed by atoms with Gasteiger partial charge in [0.15, 0.2) is 0 Å². The maximum Gasteiger partial charge on any atom is 0.295 e. The van der Waals surface area contributed by atoms with Crippen LogP contribution in [0.15, 0.2) is 60.2 Å². The molecule has 2 aromatic rings. The van der Waals surface area contributed by atoms with E-state index in [0.717, 1.165) is 0 Å². The highest BCUT2D eigenvalue weighted by molar-refractivity contribution is 6.46. The second kappa shape index (κ2) is 8.87. The number of rotatable bonds is 7. The minimum atomic E-state index is -0.896. The van der Waals surface area contributed by atoms with Crippen LogP contribution in [0.1, 0.15) is 23.6 Å². The lowest BCUT2D eigenvalue weighted by atomic mass is 9.95. The average molecular weight is 409 g/mol. The molecule has 0 aliphatic carbocycles. The third-order valence-electron chi connectivity index (χ3n) is 4.99. The highest BCUT2D eigenvalue weighted by Gasteiger charge is 2.46. The Hall–Kier alpha value is -3.52. The first-order valence-electron chi connectivity index (χ1n) is 9.54.